The number of aliphatic hydroxyl groups is 1. The lowest BCUT2D eigenvalue weighted by Crippen LogP contribution is -2.10. The lowest BCUT2D eigenvalue weighted by Gasteiger charge is -2.18. The smallest absolute Gasteiger partial charge is 0.0914 e. The maximum absolute atomic E-state index is 10.0. The SMILES string of the molecule is Cc1ccc(C(C)C)cc1C(O)C(C)Br. The summed E-state index contributed by atoms with van der Waals surface area (Å²) in [7, 11) is 0. The Balaban J connectivity index is 3.10. The molecular formula is C13H19BrO. The molecule has 1 rings (SSSR count). The van der Waals surface area contributed by atoms with Crippen LogP contribution in [0.25, 0.3) is 0 Å². The molecule has 1 N–H and O–H groups in total. The van der Waals surface area contributed by atoms with Gasteiger partial charge in [-0.05, 0) is 36.5 Å². The first kappa shape index (κ1) is 12.7. The molecular weight excluding hydrogens is 252 g/mol. The number of rotatable bonds is 3. The summed E-state index contributed by atoms with van der Waals surface area (Å²) in [5.74, 6) is 0.502. The number of halogens is 1. The fraction of sp³-hybridized carbons (Fsp3) is 0.538. The van der Waals surface area contributed by atoms with Crippen LogP contribution in [0.3, 0.4) is 0 Å². The highest BCUT2D eigenvalue weighted by molar-refractivity contribution is 9.09. The summed E-state index contributed by atoms with van der Waals surface area (Å²) in [4.78, 5) is 0.0820. The fourth-order valence-corrected chi connectivity index (χ4v) is 1.87. The van der Waals surface area contributed by atoms with Gasteiger partial charge in [0.2, 0.25) is 0 Å². The van der Waals surface area contributed by atoms with Gasteiger partial charge in [-0.1, -0.05) is 48.0 Å². The Labute approximate surface area is 101 Å². The molecule has 0 fully saturated rings. The van der Waals surface area contributed by atoms with Crippen LogP contribution in [0.1, 0.15) is 49.5 Å². The highest BCUT2D eigenvalue weighted by Gasteiger charge is 2.16. The third kappa shape index (κ3) is 3.05. The normalized spacial score (nSPS) is 15.4. The van der Waals surface area contributed by atoms with E-state index in [-0.39, 0.29) is 4.83 Å². The molecule has 0 aliphatic rings. The molecule has 2 heteroatoms. The van der Waals surface area contributed by atoms with Crippen LogP contribution in [-0.2, 0) is 0 Å². The summed E-state index contributed by atoms with van der Waals surface area (Å²) in [6.45, 7) is 8.33. The van der Waals surface area contributed by atoms with Crippen molar-refractivity contribution in [1.29, 1.82) is 0 Å². The lowest BCUT2D eigenvalue weighted by molar-refractivity contribution is 0.180. The third-order valence-electron chi connectivity index (χ3n) is 2.72. The second-order valence-corrected chi connectivity index (χ2v) is 5.84. The minimum atomic E-state index is -0.427. The van der Waals surface area contributed by atoms with E-state index in [4.69, 9.17) is 0 Å². The lowest BCUT2D eigenvalue weighted by atomic mass is 9.94. The van der Waals surface area contributed by atoms with Crippen LogP contribution in [0.2, 0.25) is 0 Å². The molecule has 0 saturated heterocycles. The number of alkyl halides is 1. The predicted molar refractivity (Wildman–Crippen MR) is 68.6 cm³/mol. The molecule has 0 aliphatic heterocycles. The zero-order valence-electron chi connectivity index (χ0n) is 9.79. The summed E-state index contributed by atoms with van der Waals surface area (Å²) >= 11 is 3.42. The Morgan fingerprint density at radius 1 is 1.20 bits per heavy atom. The van der Waals surface area contributed by atoms with Crippen LogP contribution in [0.4, 0.5) is 0 Å². The molecule has 84 valence electrons. The minimum absolute atomic E-state index is 0.0820. The standard InChI is InChI=1S/C13H19BrO/c1-8(2)11-6-5-9(3)12(7-11)13(15)10(4)14/h5-8,10,13,15H,1-4H3. The largest absolute Gasteiger partial charge is 0.387 e. The van der Waals surface area contributed by atoms with Crippen molar-refractivity contribution in [2.75, 3.05) is 0 Å². The maximum Gasteiger partial charge on any atom is 0.0914 e. The maximum atomic E-state index is 10.0. The summed E-state index contributed by atoms with van der Waals surface area (Å²) in [6.07, 6.45) is -0.427. The highest BCUT2D eigenvalue weighted by Crippen LogP contribution is 2.27. The van der Waals surface area contributed by atoms with E-state index in [1.54, 1.807) is 0 Å². The third-order valence-corrected chi connectivity index (χ3v) is 3.22. The highest BCUT2D eigenvalue weighted by atomic mass is 79.9. The fourth-order valence-electron chi connectivity index (χ4n) is 1.58. The van der Waals surface area contributed by atoms with Crippen molar-refractivity contribution < 1.29 is 5.11 Å². The summed E-state index contributed by atoms with van der Waals surface area (Å²) in [6, 6.07) is 6.33. The van der Waals surface area contributed by atoms with Gasteiger partial charge in [-0.25, -0.2) is 0 Å². The number of hydrogen-bond donors (Lipinski definition) is 1. The average molecular weight is 271 g/mol. The molecule has 0 amide bonds. The first-order valence-corrected chi connectivity index (χ1v) is 6.27. The molecule has 0 heterocycles. The van der Waals surface area contributed by atoms with Gasteiger partial charge in [0.05, 0.1) is 6.10 Å². The van der Waals surface area contributed by atoms with Gasteiger partial charge in [-0.2, -0.15) is 0 Å². The molecule has 0 aliphatic carbocycles. The molecule has 0 spiro atoms. The first-order valence-electron chi connectivity index (χ1n) is 5.36. The molecule has 1 aromatic rings. The molecule has 0 radical (unpaired) electrons. The summed E-state index contributed by atoms with van der Waals surface area (Å²) in [5.41, 5.74) is 3.46. The number of aliphatic hydroxyl groups excluding tert-OH is 1. The van der Waals surface area contributed by atoms with Crippen molar-refractivity contribution in [1.82, 2.24) is 0 Å². The molecule has 1 nitrogen and oxygen atoms in total. The average Bonchev–Trinajstić information content (AvgIpc) is 2.16. The Bertz CT molecular complexity index is 331. The number of benzene rings is 1. The van der Waals surface area contributed by atoms with Crippen molar-refractivity contribution in [3.8, 4) is 0 Å². The molecule has 2 unspecified atom stereocenters. The topological polar surface area (TPSA) is 20.2 Å². The van der Waals surface area contributed by atoms with Gasteiger partial charge in [0.15, 0.2) is 0 Å². The molecule has 2 atom stereocenters. The van der Waals surface area contributed by atoms with Gasteiger partial charge in [0.1, 0.15) is 0 Å². The van der Waals surface area contributed by atoms with E-state index in [2.05, 4.69) is 48.0 Å². The van der Waals surface area contributed by atoms with E-state index in [0.29, 0.717) is 5.92 Å². The molecule has 0 aromatic heterocycles. The monoisotopic (exact) mass is 270 g/mol. The minimum Gasteiger partial charge on any atom is -0.387 e. The van der Waals surface area contributed by atoms with Gasteiger partial charge in [0, 0.05) is 4.83 Å². The van der Waals surface area contributed by atoms with Gasteiger partial charge in [-0.3, -0.25) is 0 Å². The van der Waals surface area contributed by atoms with Crippen LogP contribution in [0, 0.1) is 6.92 Å². The van der Waals surface area contributed by atoms with Crippen molar-refractivity contribution in [2.24, 2.45) is 0 Å². The predicted octanol–water partition coefficient (Wildman–Crippen LogP) is 3.94. The Morgan fingerprint density at radius 2 is 1.80 bits per heavy atom. The van der Waals surface area contributed by atoms with Gasteiger partial charge in [-0.15, -0.1) is 0 Å². The van der Waals surface area contributed by atoms with E-state index in [1.807, 2.05) is 13.8 Å². The van der Waals surface area contributed by atoms with Crippen molar-refractivity contribution in [3.63, 3.8) is 0 Å². The first-order chi connectivity index (χ1) is 6.93. The van der Waals surface area contributed by atoms with E-state index in [9.17, 15) is 5.11 Å². The van der Waals surface area contributed by atoms with E-state index in [1.165, 1.54) is 5.56 Å². The van der Waals surface area contributed by atoms with Crippen LogP contribution < -0.4 is 0 Å². The number of hydrogen-bond acceptors (Lipinski definition) is 1. The Morgan fingerprint density at radius 3 is 2.27 bits per heavy atom. The van der Waals surface area contributed by atoms with Crippen molar-refractivity contribution >= 4 is 15.9 Å². The van der Waals surface area contributed by atoms with E-state index < -0.39 is 6.10 Å². The van der Waals surface area contributed by atoms with Crippen LogP contribution in [0.5, 0.6) is 0 Å². The van der Waals surface area contributed by atoms with Crippen LogP contribution in [0.15, 0.2) is 18.2 Å². The van der Waals surface area contributed by atoms with Crippen LogP contribution >= 0.6 is 15.9 Å². The van der Waals surface area contributed by atoms with Crippen molar-refractivity contribution in [3.05, 3.63) is 34.9 Å². The zero-order chi connectivity index (χ0) is 11.6. The van der Waals surface area contributed by atoms with Gasteiger partial charge < -0.3 is 5.11 Å². The van der Waals surface area contributed by atoms with Crippen LogP contribution in [-0.4, -0.2) is 9.93 Å². The Hall–Kier alpha value is -0.340. The quantitative estimate of drug-likeness (QED) is 0.826. The molecule has 15 heavy (non-hydrogen) atoms. The molecule has 0 saturated carbocycles. The Kier molecular flexibility index (Phi) is 4.35. The molecule has 0 bridgehead atoms. The van der Waals surface area contributed by atoms with Gasteiger partial charge >= 0.3 is 0 Å². The van der Waals surface area contributed by atoms with E-state index >= 15 is 0 Å². The molecule has 1 aromatic carbocycles. The zero-order valence-corrected chi connectivity index (χ0v) is 11.4. The second kappa shape index (κ2) is 5.13. The number of aryl methyl sites for hydroxylation is 1. The second-order valence-electron chi connectivity index (χ2n) is 4.39. The van der Waals surface area contributed by atoms with Crippen molar-refractivity contribution in [2.45, 2.75) is 44.5 Å². The van der Waals surface area contributed by atoms with Gasteiger partial charge in [0.25, 0.3) is 0 Å². The summed E-state index contributed by atoms with van der Waals surface area (Å²) < 4.78 is 0. The summed E-state index contributed by atoms with van der Waals surface area (Å²) in [5, 5.41) is 10.0. The van der Waals surface area contributed by atoms with E-state index in [0.717, 1.165) is 11.1 Å².